The minimum Gasteiger partial charge on any atom is -0.497 e. The quantitative estimate of drug-likeness (QED) is 0.731. The monoisotopic (exact) mass is 404 g/mol. The molecule has 0 unspecified atom stereocenters. The van der Waals surface area contributed by atoms with Gasteiger partial charge in [0.1, 0.15) is 11.8 Å². The van der Waals surface area contributed by atoms with E-state index in [1.807, 2.05) is 44.2 Å². The first-order valence-electron chi connectivity index (χ1n) is 9.17. The number of anilines is 1. The largest absolute Gasteiger partial charge is 0.497 e. The van der Waals surface area contributed by atoms with Gasteiger partial charge in [0.25, 0.3) is 0 Å². The van der Waals surface area contributed by atoms with E-state index in [0.29, 0.717) is 12.1 Å². The number of sulfonamides is 1. The molecule has 0 fully saturated rings. The number of hydrogen-bond acceptors (Lipinski definition) is 4. The van der Waals surface area contributed by atoms with E-state index in [-0.39, 0.29) is 11.9 Å². The zero-order valence-electron chi connectivity index (χ0n) is 17.0. The number of rotatable bonds is 8. The third kappa shape index (κ3) is 5.25. The predicted octanol–water partition coefficient (Wildman–Crippen LogP) is 3.43. The Bertz CT molecular complexity index is 910. The summed E-state index contributed by atoms with van der Waals surface area (Å²) in [6.07, 6.45) is 1.47. The maximum Gasteiger partial charge on any atom is 0.244 e. The Labute approximate surface area is 167 Å². The summed E-state index contributed by atoms with van der Waals surface area (Å²) < 4.78 is 31.4. The van der Waals surface area contributed by atoms with Crippen molar-refractivity contribution in [1.82, 2.24) is 5.32 Å². The first-order valence-corrected chi connectivity index (χ1v) is 11.0. The summed E-state index contributed by atoms with van der Waals surface area (Å²) in [5, 5.41) is 2.94. The second-order valence-electron chi connectivity index (χ2n) is 6.83. The summed E-state index contributed by atoms with van der Waals surface area (Å²) in [5.74, 6) is 0.397. The third-order valence-electron chi connectivity index (χ3n) is 4.56. The number of ether oxygens (including phenoxy) is 1. The normalized spacial score (nSPS) is 13.5. The Balaban J connectivity index is 2.28. The van der Waals surface area contributed by atoms with Gasteiger partial charge in [0.2, 0.25) is 15.9 Å². The summed E-state index contributed by atoms with van der Waals surface area (Å²) in [7, 11) is -2.05. The Kier molecular flexibility index (Phi) is 7.07. The molecule has 152 valence electrons. The van der Waals surface area contributed by atoms with Crippen molar-refractivity contribution in [3.63, 3.8) is 0 Å². The molecule has 0 spiro atoms. The molecule has 0 bridgehead atoms. The molecule has 0 aliphatic rings. The van der Waals surface area contributed by atoms with Gasteiger partial charge < -0.3 is 10.1 Å². The smallest absolute Gasteiger partial charge is 0.244 e. The Morgan fingerprint density at radius 3 is 2.32 bits per heavy atom. The minimum absolute atomic E-state index is 0.272. The predicted molar refractivity (Wildman–Crippen MR) is 112 cm³/mol. The zero-order chi connectivity index (χ0) is 20.9. The highest BCUT2D eigenvalue weighted by molar-refractivity contribution is 7.92. The van der Waals surface area contributed by atoms with Crippen LogP contribution in [0, 0.1) is 6.92 Å². The molecule has 7 heteroatoms. The number of aryl methyl sites for hydroxylation is 1. The molecule has 2 atom stereocenters. The molecule has 1 amide bonds. The molecule has 0 aliphatic heterocycles. The van der Waals surface area contributed by atoms with Gasteiger partial charge in [0.15, 0.2) is 0 Å². The Morgan fingerprint density at radius 2 is 1.82 bits per heavy atom. The number of hydrogen-bond donors (Lipinski definition) is 1. The SMILES string of the molecule is CC[C@@H](C(=O)N[C@H](C)c1ccc(OC)cc1)N(c1cccc(C)c1)S(C)(=O)=O. The van der Waals surface area contributed by atoms with Gasteiger partial charge >= 0.3 is 0 Å². The van der Waals surface area contributed by atoms with E-state index >= 15 is 0 Å². The van der Waals surface area contributed by atoms with Crippen molar-refractivity contribution in [2.45, 2.75) is 39.3 Å². The van der Waals surface area contributed by atoms with Crippen molar-refractivity contribution in [2.24, 2.45) is 0 Å². The topological polar surface area (TPSA) is 75.7 Å². The van der Waals surface area contributed by atoms with Crippen LogP contribution in [-0.4, -0.2) is 33.7 Å². The van der Waals surface area contributed by atoms with Crippen LogP contribution in [0.3, 0.4) is 0 Å². The van der Waals surface area contributed by atoms with E-state index in [2.05, 4.69) is 5.32 Å². The molecule has 1 N–H and O–H groups in total. The highest BCUT2D eigenvalue weighted by Crippen LogP contribution is 2.24. The molecule has 28 heavy (non-hydrogen) atoms. The third-order valence-corrected chi connectivity index (χ3v) is 5.74. The molecule has 2 aromatic rings. The number of carbonyl (C=O) groups excluding carboxylic acids is 1. The molecule has 0 saturated carbocycles. The summed E-state index contributed by atoms with van der Waals surface area (Å²) in [6, 6.07) is 13.4. The lowest BCUT2D eigenvalue weighted by molar-refractivity contribution is -0.122. The number of nitrogens with one attached hydrogen (secondary N) is 1. The maximum absolute atomic E-state index is 13.0. The van der Waals surface area contributed by atoms with E-state index in [4.69, 9.17) is 4.74 Å². The van der Waals surface area contributed by atoms with Gasteiger partial charge in [-0.3, -0.25) is 9.10 Å². The first kappa shape index (κ1) is 21.8. The van der Waals surface area contributed by atoms with Crippen LogP contribution < -0.4 is 14.4 Å². The molecular formula is C21H28N2O4S. The highest BCUT2D eigenvalue weighted by Gasteiger charge is 2.32. The molecule has 0 heterocycles. The molecule has 6 nitrogen and oxygen atoms in total. The first-order chi connectivity index (χ1) is 13.2. The number of amides is 1. The molecule has 0 saturated heterocycles. The lowest BCUT2D eigenvalue weighted by Gasteiger charge is -2.31. The highest BCUT2D eigenvalue weighted by atomic mass is 32.2. The molecule has 0 aliphatic carbocycles. The van der Waals surface area contributed by atoms with Gasteiger partial charge in [0, 0.05) is 0 Å². The van der Waals surface area contributed by atoms with Crippen LogP contribution in [0.4, 0.5) is 5.69 Å². The van der Waals surface area contributed by atoms with E-state index < -0.39 is 16.1 Å². The molecule has 0 radical (unpaired) electrons. The van der Waals surface area contributed by atoms with Crippen LogP contribution in [0.1, 0.15) is 37.4 Å². The second-order valence-corrected chi connectivity index (χ2v) is 8.68. The fourth-order valence-corrected chi connectivity index (χ4v) is 4.31. The van der Waals surface area contributed by atoms with Crippen molar-refractivity contribution in [3.05, 3.63) is 59.7 Å². The van der Waals surface area contributed by atoms with E-state index in [9.17, 15) is 13.2 Å². The second kappa shape index (κ2) is 9.10. The fourth-order valence-electron chi connectivity index (χ4n) is 3.11. The summed E-state index contributed by atoms with van der Waals surface area (Å²) in [4.78, 5) is 13.0. The van der Waals surface area contributed by atoms with Gasteiger partial charge in [0.05, 0.1) is 25.1 Å². The molecule has 2 aromatic carbocycles. The van der Waals surface area contributed by atoms with Crippen molar-refractivity contribution in [3.8, 4) is 5.75 Å². The van der Waals surface area contributed by atoms with Crippen molar-refractivity contribution in [2.75, 3.05) is 17.7 Å². The van der Waals surface area contributed by atoms with Crippen LogP contribution in [0.2, 0.25) is 0 Å². The lowest BCUT2D eigenvalue weighted by Crippen LogP contribution is -2.49. The van der Waals surface area contributed by atoms with Gasteiger partial charge in [-0.25, -0.2) is 8.42 Å². The average molecular weight is 405 g/mol. The van der Waals surface area contributed by atoms with Crippen LogP contribution in [0.15, 0.2) is 48.5 Å². The number of carbonyl (C=O) groups is 1. The Hall–Kier alpha value is -2.54. The summed E-state index contributed by atoms with van der Waals surface area (Å²) in [6.45, 7) is 5.55. The van der Waals surface area contributed by atoms with Crippen molar-refractivity contribution >= 4 is 21.6 Å². The average Bonchev–Trinajstić information content (AvgIpc) is 2.64. The standard InChI is InChI=1S/C21H28N2O4S/c1-6-20(23(28(5,25)26)18-9-7-8-15(2)14-18)21(24)22-16(3)17-10-12-19(27-4)13-11-17/h7-14,16,20H,6H2,1-5H3,(H,22,24)/t16-,20+/m1/s1. The molecular weight excluding hydrogens is 376 g/mol. The van der Waals surface area contributed by atoms with Gasteiger partial charge in [-0.15, -0.1) is 0 Å². The van der Waals surface area contributed by atoms with Crippen LogP contribution >= 0.6 is 0 Å². The summed E-state index contributed by atoms with van der Waals surface area (Å²) in [5.41, 5.74) is 2.32. The van der Waals surface area contributed by atoms with Gasteiger partial charge in [-0.05, 0) is 55.7 Å². The van der Waals surface area contributed by atoms with Gasteiger partial charge in [-0.1, -0.05) is 31.2 Å². The molecule has 0 aromatic heterocycles. The fraction of sp³-hybridized carbons (Fsp3) is 0.381. The van der Waals surface area contributed by atoms with Gasteiger partial charge in [-0.2, -0.15) is 0 Å². The lowest BCUT2D eigenvalue weighted by atomic mass is 10.1. The zero-order valence-corrected chi connectivity index (χ0v) is 17.8. The van der Waals surface area contributed by atoms with Crippen LogP contribution in [-0.2, 0) is 14.8 Å². The van der Waals surface area contributed by atoms with Crippen molar-refractivity contribution < 1.29 is 17.9 Å². The number of nitrogens with zero attached hydrogens (tertiary/aromatic N) is 1. The van der Waals surface area contributed by atoms with Crippen molar-refractivity contribution in [1.29, 1.82) is 0 Å². The Morgan fingerprint density at radius 1 is 1.18 bits per heavy atom. The van der Waals surface area contributed by atoms with E-state index in [0.717, 1.165) is 23.1 Å². The van der Waals surface area contributed by atoms with E-state index in [1.54, 1.807) is 32.2 Å². The number of benzene rings is 2. The minimum atomic E-state index is -3.64. The molecule has 2 rings (SSSR count). The van der Waals surface area contributed by atoms with Crippen LogP contribution in [0.5, 0.6) is 5.75 Å². The number of methoxy groups -OCH3 is 1. The van der Waals surface area contributed by atoms with Crippen LogP contribution in [0.25, 0.3) is 0 Å². The van der Waals surface area contributed by atoms with E-state index in [1.165, 1.54) is 4.31 Å². The summed E-state index contributed by atoms with van der Waals surface area (Å²) >= 11 is 0. The maximum atomic E-state index is 13.0.